The molecule has 0 unspecified atom stereocenters. The zero-order valence-corrected chi connectivity index (χ0v) is 12.3. The molecule has 1 N–H and O–H groups in total. The van der Waals surface area contributed by atoms with E-state index in [4.69, 9.17) is 0 Å². The molecule has 0 radical (unpaired) electrons. The second kappa shape index (κ2) is 5.13. The van der Waals surface area contributed by atoms with E-state index in [1.807, 2.05) is 17.1 Å². The maximum Gasteiger partial charge on any atom is 0.183 e. The van der Waals surface area contributed by atoms with Crippen molar-refractivity contribution in [2.45, 2.75) is 17.6 Å². The van der Waals surface area contributed by atoms with Crippen LogP contribution in [-0.2, 0) is 0 Å². The van der Waals surface area contributed by atoms with Crippen LogP contribution < -0.4 is 5.32 Å². The number of hydrogen-bond acceptors (Lipinski definition) is 4. The molecule has 0 bridgehead atoms. The van der Waals surface area contributed by atoms with Crippen molar-refractivity contribution >= 4 is 28.2 Å². The van der Waals surface area contributed by atoms with Crippen LogP contribution in [0.3, 0.4) is 0 Å². The van der Waals surface area contributed by atoms with Crippen molar-refractivity contribution in [2.75, 3.05) is 18.1 Å². The molecule has 1 aliphatic carbocycles. The largest absolute Gasteiger partial charge is 0.360 e. The molecular weight excluding hydrogens is 279 g/mol. The van der Waals surface area contributed by atoms with Gasteiger partial charge in [-0.3, -0.25) is 0 Å². The van der Waals surface area contributed by atoms with Gasteiger partial charge >= 0.3 is 0 Å². The predicted octanol–water partition coefficient (Wildman–Crippen LogP) is 4.26. The van der Waals surface area contributed by atoms with Gasteiger partial charge in [-0.05, 0) is 43.4 Å². The van der Waals surface area contributed by atoms with Crippen molar-refractivity contribution in [3.63, 3.8) is 0 Å². The third kappa shape index (κ3) is 2.92. The number of benzene rings is 1. The Bertz CT molecular complexity index is 561. The number of rotatable bonds is 5. The van der Waals surface area contributed by atoms with E-state index in [1.54, 1.807) is 23.5 Å². The van der Waals surface area contributed by atoms with Crippen molar-refractivity contribution < 1.29 is 4.39 Å². The van der Waals surface area contributed by atoms with Crippen molar-refractivity contribution in [1.29, 1.82) is 0 Å². The van der Waals surface area contributed by atoms with Crippen LogP contribution in [0.15, 0.2) is 29.6 Å². The van der Waals surface area contributed by atoms with Gasteiger partial charge in [0.05, 0.1) is 5.69 Å². The lowest BCUT2D eigenvalue weighted by Gasteiger charge is -2.11. The summed E-state index contributed by atoms with van der Waals surface area (Å²) >= 11 is 3.54. The molecule has 0 aliphatic heterocycles. The Morgan fingerprint density at radius 3 is 2.74 bits per heavy atom. The van der Waals surface area contributed by atoms with Gasteiger partial charge in [0.25, 0.3) is 0 Å². The van der Waals surface area contributed by atoms with Crippen LogP contribution in [-0.4, -0.2) is 22.5 Å². The van der Waals surface area contributed by atoms with Crippen molar-refractivity contribution in [1.82, 2.24) is 4.98 Å². The Labute approximate surface area is 120 Å². The molecule has 0 saturated heterocycles. The van der Waals surface area contributed by atoms with Crippen LogP contribution in [0, 0.1) is 5.82 Å². The Morgan fingerprint density at radius 2 is 2.11 bits per heavy atom. The Hall–Kier alpha value is -1.07. The highest BCUT2D eigenvalue weighted by Crippen LogP contribution is 2.47. The van der Waals surface area contributed by atoms with Crippen LogP contribution in [0.2, 0.25) is 0 Å². The average molecular weight is 294 g/mol. The SMILES string of the molecule is CSC1(CNc2nc(-c3ccc(F)cc3)cs2)CC1. The van der Waals surface area contributed by atoms with E-state index in [2.05, 4.69) is 16.6 Å². The summed E-state index contributed by atoms with van der Waals surface area (Å²) in [6, 6.07) is 6.46. The molecule has 0 atom stereocenters. The summed E-state index contributed by atoms with van der Waals surface area (Å²) in [7, 11) is 0. The minimum atomic E-state index is -0.215. The molecule has 100 valence electrons. The first-order valence-corrected chi connectivity index (χ1v) is 8.32. The summed E-state index contributed by atoms with van der Waals surface area (Å²) in [5.74, 6) is -0.215. The number of nitrogens with zero attached hydrogens (tertiary/aromatic N) is 1. The summed E-state index contributed by atoms with van der Waals surface area (Å²) in [6.07, 6.45) is 4.75. The highest BCUT2D eigenvalue weighted by molar-refractivity contribution is 8.00. The van der Waals surface area contributed by atoms with E-state index < -0.39 is 0 Å². The highest BCUT2D eigenvalue weighted by atomic mass is 32.2. The minimum Gasteiger partial charge on any atom is -0.360 e. The molecular formula is C14H15FN2S2. The van der Waals surface area contributed by atoms with Gasteiger partial charge in [-0.2, -0.15) is 11.8 Å². The van der Waals surface area contributed by atoms with Crippen molar-refractivity contribution in [3.8, 4) is 11.3 Å². The fourth-order valence-electron chi connectivity index (χ4n) is 1.94. The topological polar surface area (TPSA) is 24.9 Å². The second-order valence-corrected chi connectivity index (χ2v) is 6.92. The maximum absolute atomic E-state index is 12.9. The van der Waals surface area contributed by atoms with Gasteiger partial charge in [0, 0.05) is 22.2 Å². The number of anilines is 1. The second-order valence-electron chi connectivity index (χ2n) is 4.79. The van der Waals surface area contributed by atoms with Gasteiger partial charge in [-0.15, -0.1) is 11.3 Å². The number of thioether (sulfide) groups is 1. The normalized spacial score (nSPS) is 16.3. The molecule has 1 saturated carbocycles. The lowest BCUT2D eigenvalue weighted by atomic mass is 10.2. The summed E-state index contributed by atoms with van der Waals surface area (Å²) < 4.78 is 13.3. The number of hydrogen-bond donors (Lipinski definition) is 1. The number of aromatic nitrogens is 1. The first-order chi connectivity index (χ1) is 9.21. The maximum atomic E-state index is 12.9. The molecule has 1 aromatic carbocycles. The van der Waals surface area contributed by atoms with E-state index in [-0.39, 0.29) is 5.82 Å². The predicted molar refractivity (Wildman–Crippen MR) is 81.5 cm³/mol. The molecule has 2 nitrogen and oxygen atoms in total. The average Bonchev–Trinajstić information content (AvgIpc) is 3.07. The first kappa shape index (κ1) is 12.9. The van der Waals surface area contributed by atoms with Gasteiger partial charge in [0.2, 0.25) is 0 Å². The van der Waals surface area contributed by atoms with Crippen LogP contribution in [0.1, 0.15) is 12.8 Å². The molecule has 0 spiro atoms. The quantitative estimate of drug-likeness (QED) is 0.892. The molecule has 1 heterocycles. The summed E-state index contributed by atoms with van der Waals surface area (Å²) in [5.41, 5.74) is 1.86. The summed E-state index contributed by atoms with van der Waals surface area (Å²) in [6.45, 7) is 0.977. The van der Waals surface area contributed by atoms with E-state index >= 15 is 0 Å². The van der Waals surface area contributed by atoms with Crippen molar-refractivity contribution in [3.05, 3.63) is 35.5 Å². The first-order valence-electron chi connectivity index (χ1n) is 6.21. The number of nitrogens with one attached hydrogen (secondary N) is 1. The Kier molecular flexibility index (Phi) is 3.50. The van der Waals surface area contributed by atoms with Crippen molar-refractivity contribution in [2.24, 2.45) is 0 Å². The molecule has 5 heteroatoms. The van der Waals surface area contributed by atoms with E-state index in [0.717, 1.165) is 22.9 Å². The molecule has 1 aromatic heterocycles. The fourth-order valence-corrected chi connectivity index (χ4v) is 3.38. The zero-order valence-electron chi connectivity index (χ0n) is 10.6. The van der Waals surface area contributed by atoms with Crippen LogP contribution in [0.5, 0.6) is 0 Å². The molecule has 0 amide bonds. The van der Waals surface area contributed by atoms with E-state index in [9.17, 15) is 4.39 Å². The third-order valence-electron chi connectivity index (χ3n) is 3.45. The van der Waals surface area contributed by atoms with Gasteiger partial charge in [0.15, 0.2) is 5.13 Å². The highest BCUT2D eigenvalue weighted by Gasteiger charge is 2.41. The van der Waals surface area contributed by atoms with E-state index in [1.165, 1.54) is 25.0 Å². The molecule has 1 aliphatic rings. The number of thiazole rings is 1. The molecule has 2 aromatic rings. The van der Waals surface area contributed by atoms with Gasteiger partial charge in [0.1, 0.15) is 5.82 Å². The standard InChI is InChI=1S/C14H15FN2S2/c1-18-14(6-7-14)9-16-13-17-12(8-19-13)10-2-4-11(15)5-3-10/h2-5,8H,6-7,9H2,1H3,(H,16,17). The minimum absolute atomic E-state index is 0.215. The zero-order chi connectivity index (χ0) is 13.3. The summed E-state index contributed by atoms with van der Waals surface area (Å²) in [5, 5.41) is 6.36. The molecule has 1 fully saturated rings. The molecule has 3 rings (SSSR count). The molecule has 19 heavy (non-hydrogen) atoms. The number of halogens is 1. The van der Waals surface area contributed by atoms with Crippen LogP contribution in [0.4, 0.5) is 9.52 Å². The third-order valence-corrected chi connectivity index (χ3v) is 5.67. The van der Waals surface area contributed by atoms with Gasteiger partial charge in [-0.1, -0.05) is 0 Å². The lowest BCUT2D eigenvalue weighted by molar-refractivity contribution is 0.628. The van der Waals surface area contributed by atoms with E-state index in [0.29, 0.717) is 4.75 Å². The van der Waals surface area contributed by atoms with Gasteiger partial charge in [-0.25, -0.2) is 9.37 Å². The smallest absolute Gasteiger partial charge is 0.183 e. The monoisotopic (exact) mass is 294 g/mol. The van der Waals surface area contributed by atoms with Crippen LogP contribution >= 0.6 is 23.1 Å². The lowest BCUT2D eigenvalue weighted by Crippen LogP contribution is -2.17. The Morgan fingerprint density at radius 1 is 1.37 bits per heavy atom. The summed E-state index contributed by atoms with van der Waals surface area (Å²) in [4.78, 5) is 4.55. The Balaban J connectivity index is 1.67. The van der Waals surface area contributed by atoms with Crippen LogP contribution in [0.25, 0.3) is 11.3 Å². The van der Waals surface area contributed by atoms with Gasteiger partial charge < -0.3 is 5.32 Å². The fraction of sp³-hybridized carbons (Fsp3) is 0.357.